The number of nitrogens with two attached hydrogens (primary N) is 1. The number of likely N-dealkylation sites (tertiary alicyclic amines) is 1. The second-order valence-electron chi connectivity index (χ2n) is 4.69. The zero-order valence-electron chi connectivity index (χ0n) is 10.2. The van der Waals surface area contributed by atoms with Gasteiger partial charge in [0, 0.05) is 25.7 Å². The predicted octanol–water partition coefficient (Wildman–Crippen LogP) is 0.475. The Morgan fingerprint density at radius 3 is 2.78 bits per heavy atom. The normalized spacial score (nSPS) is 20.0. The highest BCUT2D eigenvalue weighted by Gasteiger charge is 2.20. The van der Waals surface area contributed by atoms with Crippen LogP contribution in [0.3, 0.4) is 0 Å². The van der Waals surface area contributed by atoms with E-state index in [1.54, 1.807) is 12.1 Å². The van der Waals surface area contributed by atoms with Gasteiger partial charge in [-0.05, 0) is 24.1 Å². The van der Waals surface area contributed by atoms with Crippen molar-refractivity contribution in [2.45, 2.75) is 19.0 Å². The molecule has 1 amide bonds. The molecule has 0 radical (unpaired) electrons. The number of hydrogen-bond donors (Lipinski definition) is 2. The molecule has 1 aromatic carbocycles. The first-order valence-corrected chi connectivity index (χ1v) is 6.12. The fourth-order valence-corrected chi connectivity index (χ4v) is 2.07. The van der Waals surface area contributed by atoms with Crippen LogP contribution in [0.5, 0.6) is 0 Å². The van der Waals surface area contributed by atoms with Gasteiger partial charge in [0.15, 0.2) is 0 Å². The molecule has 1 aliphatic heterocycles. The minimum absolute atomic E-state index is 0.0200. The Bertz CT molecular complexity index is 407. The zero-order valence-corrected chi connectivity index (χ0v) is 10.2. The van der Waals surface area contributed by atoms with Gasteiger partial charge in [0.25, 0.3) is 0 Å². The highest BCUT2D eigenvalue weighted by Crippen LogP contribution is 2.06. The molecule has 3 N–H and O–H groups in total. The number of benzene rings is 1. The average Bonchev–Trinajstić information content (AvgIpc) is 2.74. The van der Waals surface area contributed by atoms with Crippen molar-refractivity contribution < 1.29 is 9.18 Å². The Hall–Kier alpha value is -1.46. The van der Waals surface area contributed by atoms with Gasteiger partial charge in [0.2, 0.25) is 5.91 Å². The topological polar surface area (TPSA) is 58.4 Å². The number of hydrogen-bond acceptors (Lipinski definition) is 3. The Labute approximate surface area is 106 Å². The van der Waals surface area contributed by atoms with Crippen LogP contribution in [0.1, 0.15) is 12.0 Å². The molecule has 0 bridgehead atoms. The smallest absolute Gasteiger partial charge is 0.234 e. The predicted molar refractivity (Wildman–Crippen MR) is 67.3 cm³/mol. The maximum absolute atomic E-state index is 12.7. The second-order valence-corrected chi connectivity index (χ2v) is 4.69. The van der Waals surface area contributed by atoms with Gasteiger partial charge in [0.1, 0.15) is 5.82 Å². The van der Waals surface area contributed by atoms with Gasteiger partial charge in [-0.1, -0.05) is 12.1 Å². The molecule has 1 aromatic rings. The number of halogens is 1. The fourth-order valence-electron chi connectivity index (χ4n) is 2.07. The van der Waals surface area contributed by atoms with Crippen LogP contribution in [-0.2, 0) is 11.3 Å². The lowest BCUT2D eigenvalue weighted by atomic mass is 10.2. The Balaban J connectivity index is 1.73. The van der Waals surface area contributed by atoms with Crippen molar-refractivity contribution in [2.24, 2.45) is 5.73 Å². The van der Waals surface area contributed by atoms with Crippen molar-refractivity contribution in [3.05, 3.63) is 35.6 Å². The van der Waals surface area contributed by atoms with Crippen LogP contribution in [0.15, 0.2) is 24.3 Å². The molecule has 1 aliphatic rings. The lowest BCUT2D eigenvalue weighted by Gasteiger charge is -2.14. The Kier molecular flexibility index (Phi) is 4.28. The third-order valence-electron chi connectivity index (χ3n) is 3.08. The van der Waals surface area contributed by atoms with Crippen LogP contribution in [-0.4, -0.2) is 36.5 Å². The molecule has 4 nitrogen and oxygen atoms in total. The fraction of sp³-hybridized carbons (Fsp3) is 0.462. The quantitative estimate of drug-likeness (QED) is 0.818. The number of amides is 1. The zero-order chi connectivity index (χ0) is 13.0. The molecule has 0 aromatic heterocycles. The summed E-state index contributed by atoms with van der Waals surface area (Å²) in [4.78, 5) is 13.7. The van der Waals surface area contributed by atoms with Gasteiger partial charge in [-0.2, -0.15) is 0 Å². The van der Waals surface area contributed by atoms with Crippen LogP contribution in [0.2, 0.25) is 0 Å². The molecule has 1 atom stereocenters. The number of nitrogens with one attached hydrogen (secondary N) is 1. The van der Waals surface area contributed by atoms with Crippen molar-refractivity contribution in [1.82, 2.24) is 10.2 Å². The lowest BCUT2D eigenvalue weighted by molar-refractivity contribution is -0.122. The van der Waals surface area contributed by atoms with Crippen molar-refractivity contribution >= 4 is 5.91 Å². The first-order valence-electron chi connectivity index (χ1n) is 6.12. The molecule has 0 spiro atoms. The van der Waals surface area contributed by atoms with E-state index in [9.17, 15) is 9.18 Å². The van der Waals surface area contributed by atoms with E-state index in [2.05, 4.69) is 5.32 Å². The minimum atomic E-state index is -0.267. The minimum Gasteiger partial charge on any atom is -0.351 e. The first-order chi connectivity index (χ1) is 8.63. The highest BCUT2D eigenvalue weighted by molar-refractivity contribution is 5.78. The van der Waals surface area contributed by atoms with E-state index in [-0.39, 0.29) is 17.8 Å². The molecule has 18 heavy (non-hydrogen) atoms. The summed E-state index contributed by atoms with van der Waals surface area (Å²) in [5.41, 5.74) is 6.66. The summed E-state index contributed by atoms with van der Waals surface area (Å²) in [5, 5.41) is 2.82. The molecule has 1 saturated heterocycles. The Morgan fingerprint density at radius 1 is 1.44 bits per heavy atom. The Morgan fingerprint density at radius 2 is 2.17 bits per heavy atom. The van der Waals surface area contributed by atoms with E-state index in [0.29, 0.717) is 13.1 Å². The molecule has 1 heterocycles. The third kappa shape index (κ3) is 3.78. The van der Waals surface area contributed by atoms with Crippen LogP contribution >= 0.6 is 0 Å². The summed E-state index contributed by atoms with van der Waals surface area (Å²) in [6.45, 7) is 2.48. The maximum atomic E-state index is 12.7. The van der Waals surface area contributed by atoms with Crippen LogP contribution in [0.4, 0.5) is 4.39 Å². The van der Waals surface area contributed by atoms with E-state index < -0.39 is 0 Å². The van der Waals surface area contributed by atoms with E-state index >= 15 is 0 Å². The standard InChI is InChI=1S/C13H18FN3O/c14-11-3-1-10(2-4-11)7-16-13(18)9-17-6-5-12(15)8-17/h1-4,12H,5-9,15H2,(H,16,18). The van der Waals surface area contributed by atoms with Gasteiger partial charge in [-0.15, -0.1) is 0 Å². The van der Waals surface area contributed by atoms with Crippen LogP contribution in [0, 0.1) is 5.82 Å². The van der Waals surface area contributed by atoms with Crippen molar-refractivity contribution in [1.29, 1.82) is 0 Å². The summed E-state index contributed by atoms with van der Waals surface area (Å²) in [5.74, 6) is -0.287. The second kappa shape index (κ2) is 5.93. The van der Waals surface area contributed by atoms with Gasteiger partial charge >= 0.3 is 0 Å². The molecule has 0 aliphatic carbocycles. The number of carbonyl (C=O) groups excluding carboxylic acids is 1. The summed E-state index contributed by atoms with van der Waals surface area (Å²) >= 11 is 0. The molecule has 2 rings (SSSR count). The van der Waals surface area contributed by atoms with E-state index in [4.69, 9.17) is 5.73 Å². The SMILES string of the molecule is NC1CCN(CC(=O)NCc2ccc(F)cc2)C1. The number of carbonyl (C=O) groups is 1. The van der Waals surface area contributed by atoms with Crippen molar-refractivity contribution in [2.75, 3.05) is 19.6 Å². The van der Waals surface area contributed by atoms with E-state index in [1.807, 2.05) is 4.90 Å². The summed E-state index contributed by atoms with van der Waals surface area (Å²) < 4.78 is 12.7. The molecule has 5 heteroatoms. The average molecular weight is 251 g/mol. The van der Waals surface area contributed by atoms with Crippen molar-refractivity contribution in [3.63, 3.8) is 0 Å². The molecular formula is C13H18FN3O. The van der Waals surface area contributed by atoms with E-state index in [1.165, 1.54) is 12.1 Å². The summed E-state index contributed by atoms with van der Waals surface area (Å²) in [7, 11) is 0. The molecule has 1 unspecified atom stereocenters. The van der Waals surface area contributed by atoms with Gasteiger partial charge < -0.3 is 11.1 Å². The number of rotatable bonds is 4. The van der Waals surface area contributed by atoms with Crippen molar-refractivity contribution in [3.8, 4) is 0 Å². The lowest BCUT2D eigenvalue weighted by Crippen LogP contribution is -2.37. The molecular weight excluding hydrogens is 233 g/mol. The largest absolute Gasteiger partial charge is 0.351 e. The van der Waals surface area contributed by atoms with Crippen LogP contribution < -0.4 is 11.1 Å². The molecule has 1 fully saturated rings. The highest BCUT2D eigenvalue weighted by atomic mass is 19.1. The van der Waals surface area contributed by atoms with Gasteiger partial charge in [-0.3, -0.25) is 9.69 Å². The van der Waals surface area contributed by atoms with Crippen LogP contribution in [0.25, 0.3) is 0 Å². The first kappa shape index (κ1) is 13.0. The van der Waals surface area contributed by atoms with Gasteiger partial charge in [-0.25, -0.2) is 4.39 Å². The monoisotopic (exact) mass is 251 g/mol. The molecule has 0 saturated carbocycles. The molecule has 98 valence electrons. The van der Waals surface area contributed by atoms with Gasteiger partial charge in [0.05, 0.1) is 6.54 Å². The maximum Gasteiger partial charge on any atom is 0.234 e. The summed E-state index contributed by atoms with van der Waals surface area (Å²) in [6, 6.07) is 6.31. The third-order valence-corrected chi connectivity index (χ3v) is 3.08. The summed E-state index contributed by atoms with van der Waals surface area (Å²) in [6.07, 6.45) is 0.950. The van der Waals surface area contributed by atoms with E-state index in [0.717, 1.165) is 25.1 Å². The number of nitrogens with zero attached hydrogens (tertiary/aromatic N) is 1.